The zero-order chi connectivity index (χ0) is 15.3. The Bertz CT molecular complexity index is 588. The predicted molar refractivity (Wildman–Crippen MR) is 91.5 cm³/mol. The van der Waals surface area contributed by atoms with Gasteiger partial charge in [-0.25, -0.2) is 0 Å². The van der Waals surface area contributed by atoms with E-state index in [-0.39, 0.29) is 6.61 Å². The summed E-state index contributed by atoms with van der Waals surface area (Å²) in [5.41, 5.74) is 0.570. The Morgan fingerprint density at radius 1 is 1.10 bits per heavy atom. The first-order valence-electron chi connectivity index (χ1n) is 6.54. The number of likely N-dealkylation sites (N-methyl/N-ethyl adjacent to an activating group) is 1. The molecule has 0 saturated carbocycles. The van der Waals surface area contributed by atoms with Crippen LogP contribution in [0.1, 0.15) is 5.56 Å². The van der Waals surface area contributed by atoms with E-state index in [1.807, 2.05) is 49.5 Å². The van der Waals surface area contributed by atoms with Gasteiger partial charge < -0.3 is 10.4 Å². The van der Waals surface area contributed by atoms with E-state index in [4.69, 9.17) is 23.2 Å². The van der Waals surface area contributed by atoms with Gasteiger partial charge in [0.05, 0.1) is 22.2 Å². The molecule has 0 aliphatic heterocycles. The molecule has 112 valence electrons. The fraction of sp³-hybridized carbons (Fsp3) is 0.250. The molecule has 0 bridgehead atoms. The normalized spacial score (nSPS) is 13.9. The van der Waals surface area contributed by atoms with E-state index < -0.39 is 5.54 Å². The molecule has 0 radical (unpaired) electrons. The highest BCUT2D eigenvalue weighted by Gasteiger charge is 2.29. The highest BCUT2D eigenvalue weighted by molar-refractivity contribution is 7.99. The first kappa shape index (κ1) is 16.7. The maximum Gasteiger partial charge on any atom is 0.0761 e. The number of hydrogen-bond acceptors (Lipinski definition) is 3. The van der Waals surface area contributed by atoms with Crippen molar-refractivity contribution in [3.8, 4) is 0 Å². The molecule has 0 aliphatic carbocycles. The molecule has 0 amide bonds. The molecule has 2 N–H and O–H groups in total. The Morgan fingerprint density at radius 3 is 2.38 bits per heavy atom. The van der Waals surface area contributed by atoms with Crippen LogP contribution in [-0.2, 0) is 5.54 Å². The number of thioether (sulfide) groups is 1. The van der Waals surface area contributed by atoms with Crippen LogP contribution in [0.3, 0.4) is 0 Å². The van der Waals surface area contributed by atoms with Crippen LogP contribution in [0.25, 0.3) is 0 Å². The highest BCUT2D eigenvalue weighted by Crippen LogP contribution is 2.32. The van der Waals surface area contributed by atoms with Gasteiger partial charge in [0.15, 0.2) is 0 Å². The number of halogens is 2. The number of aliphatic hydroxyl groups is 1. The van der Waals surface area contributed by atoms with E-state index in [0.717, 1.165) is 10.5 Å². The molecule has 0 saturated heterocycles. The van der Waals surface area contributed by atoms with E-state index in [2.05, 4.69) is 5.32 Å². The molecule has 0 fully saturated rings. The summed E-state index contributed by atoms with van der Waals surface area (Å²) in [5.74, 6) is 0.683. The van der Waals surface area contributed by atoms with Crippen molar-refractivity contribution in [1.29, 1.82) is 0 Å². The minimum absolute atomic E-state index is 0.0157. The summed E-state index contributed by atoms with van der Waals surface area (Å²) >= 11 is 13.6. The lowest BCUT2D eigenvalue weighted by Crippen LogP contribution is -2.45. The van der Waals surface area contributed by atoms with Gasteiger partial charge in [-0.1, -0.05) is 53.5 Å². The summed E-state index contributed by atoms with van der Waals surface area (Å²) in [6.45, 7) is 0.0157. The molecule has 2 aromatic carbocycles. The van der Waals surface area contributed by atoms with Gasteiger partial charge in [0.2, 0.25) is 0 Å². The first-order valence-corrected chi connectivity index (χ1v) is 8.28. The number of hydrogen-bond donors (Lipinski definition) is 2. The van der Waals surface area contributed by atoms with Crippen molar-refractivity contribution < 1.29 is 5.11 Å². The van der Waals surface area contributed by atoms with E-state index in [9.17, 15) is 5.11 Å². The Labute approximate surface area is 139 Å². The van der Waals surface area contributed by atoms with Crippen molar-refractivity contribution >= 4 is 35.0 Å². The highest BCUT2D eigenvalue weighted by atomic mass is 35.5. The van der Waals surface area contributed by atoms with Gasteiger partial charge in [0.1, 0.15) is 0 Å². The van der Waals surface area contributed by atoms with Crippen molar-refractivity contribution in [3.05, 3.63) is 64.1 Å². The maximum atomic E-state index is 9.88. The summed E-state index contributed by atoms with van der Waals surface area (Å²) in [7, 11) is 1.86. The summed E-state index contributed by atoms with van der Waals surface area (Å²) < 4.78 is 0. The maximum absolute atomic E-state index is 9.88. The largest absolute Gasteiger partial charge is 0.394 e. The molecule has 5 heteroatoms. The molecule has 1 atom stereocenters. The Kier molecular flexibility index (Phi) is 5.97. The molecule has 1 unspecified atom stereocenters. The molecule has 21 heavy (non-hydrogen) atoms. The van der Waals surface area contributed by atoms with Gasteiger partial charge in [0, 0.05) is 10.6 Å². The van der Waals surface area contributed by atoms with Gasteiger partial charge in [-0.2, -0.15) is 0 Å². The monoisotopic (exact) mass is 341 g/mol. The van der Waals surface area contributed by atoms with E-state index >= 15 is 0 Å². The molecular weight excluding hydrogens is 325 g/mol. The number of nitrogens with one attached hydrogen (secondary N) is 1. The molecule has 2 nitrogen and oxygen atoms in total. The third-order valence-corrected chi connectivity index (χ3v) is 5.41. The molecule has 0 spiro atoms. The van der Waals surface area contributed by atoms with Crippen molar-refractivity contribution in [2.24, 2.45) is 0 Å². The van der Waals surface area contributed by atoms with Crippen molar-refractivity contribution in [3.63, 3.8) is 0 Å². The molecule has 0 heterocycles. The second-order valence-corrected chi connectivity index (χ2v) is 6.58. The standard InChI is InChI=1S/C16H17Cl2NOS/c1-19-16(10-20,12-5-3-2-4-6-12)11-21-13-7-8-14(17)15(18)9-13/h2-9,19-20H,10-11H2,1H3. The van der Waals surface area contributed by atoms with Crippen molar-refractivity contribution in [2.45, 2.75) is 10.4 Å². The van der Waals surface area contributed by atoms with Crippen LogP contribution in [0.5, 0.6) is 0 Å². The molecule has 2 aromatic rings. The second kappa shape index (κ2) is 7.52. The van der Waals surface area contributed by atoms with E-state index in [1.165, 1.54) is 0 Å². The van der Waals surface area contributed by atoms with Gasteiger partial charge in [-0.05, 0) is 30.8 Å². The predicted octanol–water partition coefficient (Wildman–Crippen LogP) is 4.19. The van der Waals surface area contributed by atoms with Gasteiger partial charge in [0.25, 0.3) is 0 Å². The first-order chi connectivity index (χ1) is 10.1. The lowest BCUT2D eigenvalue weighted by molar-refractivity contribution is 0.187. The molecule has 2 rings (SSSR count). The van der Waals surface area contributed by atoms with E-state index in [1.54, 1.807) is 17.8 Å². The summed E-state index contributed by atoms with van der Waals surface area (Å²) in [5, 5.41) is 14.2. The van der Waals surface area contributed by atoms with Crippen molar-refractivity contribution in [2.75, 3.05) is 19.4 Å². The van der Waals surface area contributed by atoms with Crippen LogP contribution < -0.4 is 5.32 Å². The summed E-state index contributed by atoms with van der Waals surface area (Å²) in [6.07, 6.45) is 0. The molecular formula is C16H17Cl2NOS. The number of benzene rings is 2. The Morgan fingerprint density at radius 2 is 1.81 bits per heavy atom. The molecule has 0 aromatic heterocycles. The van der Waals surface area contributed by atoms with Crippen molar-refractivity contribution in [1.82, 2.24) is 5.32 Å². The summed E-state index contributed by atoms with van der Waals surface area (Å²) in [6, 6.07) is 15.5. The average molecular weight is 342 g/mol. The zero-order valence-corrected chi connectivity index (χ0v) is 14.0. The van der Waals surface area contributed by atoms with Crippen LogP contribution in [-0.4, -0.2) is 24.5 Å². The molecule has 0 aliphatic rings. The lowest BCUT2D eigenvalue weighted by Gasteiger charge is -2.32. The minimum Gasteiger partial charge on any atom is -0.394 e. The fourth-order valence-electron chi connectivity index (χ4n) is 2.05. The fourth-order valence-corrected chi connectivity index (χ4v) is 3.59. The third kappa shape index (κ3) is 3.93. The smallest absolute Gasteiger partial charge is 0.0761 e. The SMILES string of the molecule is CNC(CO)(CSc1ccc(Cl)c(Cl)c1)c1ccccc1. The van der Waals surface area contributed by atoms with Crippen LogP contribution in [0, 0.1) is 0 Å². The summed E-state index contributed by atoms with van der Waals surface area (Å²) in [4.78, 5) is 1.02. The minimum atomic E-state index is -0.488. The Balaban J connectivity index is 2.19. The topological polar surface area (TPSA) is 32.3 Å². The number of aliphatic hydroxyl groups excluding tert-OH is 1. The zero-order valence-electron chi connectivity index (χ0n) is 11.6. The van der Waals surface area contributed by atoms with Crippen LogP contribution >= 0.6 is 35.0 Å². The van der Waals surface area contributed by atoms with E-state index in [0.29, 0.717) is 15.8 Å². The number of rotatable bonds is 6. The average Bonchev–Trinajstić information content (AvgIpc) is 2.53. The van der Waals surface area contributed by atoms with Gasteiger partial charge >= 0.3 is 0 Å². The quantitative estimate of drug-likeness (QED) is 0.772. The third-order valence-electron chi connectivity index (χ3n) is 3.45. The van der Waals surface area contributed by atoms with Crippen LogP contribution in [0.2, 0.25) is 10.0 Å². The second-order valence-electron chi connectivity index (χ2n) is 4.72. The lowest BCUT2D eigenvalue weighted by atomic mass is 9.93. The van der Waals surface area contributed by atoms with Crippen LogP contribution in [0.4, 0.5) is 0 Å². The van der Waals surface area contributed by atoms with Gasteiger partial charge in [-0.3, -0.25) is 0 Å². The van der Waals surface area contributed by atoms with Gasteiger partial charge in [-0.15, -0.1) is 11.8 Å². The van der Waals surface area contributed by atoms with Crippen LogP contribution in [0.15, 0.2) is 53.4 Å². The Hall–Kier alpha value is -0.710.